The van der Waals surface area contributed by atoms with Crippen LogP contribution in [0.5, 0.6) is 5.75 Å². The molecule has 20 heavy (non-hydrogen) atoms. The van der Waals surface area contributed by atoms with Gasteiger partial charge in [-0.1, -0.05) is 12.1 Å². The number of amides is 1. The minimum absolute atomic E-state index is 0. The molecule has 0 saturated heterocycles. The van der Waals surface area contributed by atoms with Crippen LogP contribution in [0, 0.1) is 10.1 Å². The maximum atomic E-state index is 11.5. The van der Waals surface area contributed by atoms with Gasteiger partial charge in [0.1, 0.15) is 0 Å². The maximum absolute atomic E-state index is 11.5. The molecule has 1 aromatic carbocycles. The van der Waals surface area contributed by atoms with Crippen molar-refractivity contribution in [2.75, 3.05) is 13.2 Å². The molecule has 1 aromatic rings. The number of nitrogens with two attached hydrogens (primary N) is 1. The lowest BCUT2D eigenvalue weighted by atomic mass is 10.1. The first-order valence-corrected chi connectivity index (χ1v) is 5.71. The Morgan fingerprint density at radius 1 is 1.45 bits per heavy atom. The van der Waals surface area contributed by atoms with Crippen molar-refractivity contribution in [1.82, 2.24) is 5.32 Å². The van der Waals surface area contributed by atoms with E-state index in [9.17, 15) is 14.9 Å². The normalized spacial score (nSPS) is 10.3. The second-order valence-electron chi connectivity index (χ2n) is 4.78. The summed E-state index contributed by atoms with van der Waals surface area (Å²) in [5.41, 5.74) is 5.02. The average molecular weight is 304 g/mol. The third kappa shape index (κ3) is 6.35. The van der Waals surface area contributed by atoms with Gasteiger partial charge in [0.05, 0.1) is 4.92 Å². The van der Waals surface area contributed by atoms with Crippen LogP contribution in [0.3, 0.4) is 0 Å². The third-order valence-corrected chi connectivity index (χ3v) is 2.16. The van der Waals surface area contributed by atoms with E-state index in [2.05, 4.69) is 5.32 Å². The number of hydrogen-bond donors (Lipinski definition) is 2. The Kier molecular flexibility index (Phi) is 6.95. The highest BCUT2D eigenvalue weighted by Gasteiger charge is 2.16. The maximum Gasteiger partial charge on any atom is 0.310 e. The lowest BCUT2D eigenvalue weighted by Crippen LogP contribution is -2.46. The number of carbonyl (C=O) groups is 1. The molecule has 112 valence electrons. The molecule has 0 fully saturated rings. The van der Waals surface area contributed by atoms with E-state index in [-0.39, 0.29) is 36.4 Å². The van der Waals surface area contributed by atoms with Crippen molar-refractivity contribution >= 4 is 24.0 Å². The first-order valence-electron chi connectivity index (χ1n) is 5.71. The van der Waals surface area contributed by atoms with Crippen LogP contribution < -0.4 is 15.8 Å². The molecule has 3 N–H and O–H groups in total. The van der Waals surface area contributed by atoms with Gasteiger partial charge in [-0.05, 0) is 19.9 Å². The Labute approximate surface area is 123 Å². The molecule has 0 aromatic heterocycles. The lowest BCUT2D eigenvalue weighted by molar-refractivity contribution is -0.385. The summed E-state index contributed by atoms with van der Waals surface area (Å²) in [4.78, 5) is 21.7. The Bertz CT molecular complexity index is 474. The summed E-state index contributed by atoms with van der Waals surface area (Å²) in [6.07, 6.45) is 0. The fourth-order valence-corrected chi connectivity index (χ4v) is 1.25. The molecule has 0 radical (unpaired) electrons. The van der Waals surface area contributed by atoms with Crippen LogP contribution in [0.4, 0.5) is 5.69 Å². The fraction of sp³-hybridized carbons (Fsp3) is 0.417. The zero-order chi connectivity index (χ0) is 14.5. The Morgan fingerprint density at radius 3 is 2.60 bits per heavy atom. The topological polar surface area (TPSA) is 107 Å². The number of nitro groups is 1. The summed E-state index contributed by atoms with van der Waals surface area (Å²) in [6, 6.07) is 5.89. The molecule has 0 bridgehead atoms. The molecule has 7 nitrogen and oxygen atoms in total. The Hall–Kier alpha value is -1.86. The predicted octanol–water partition coefficient (Wildman–Crippen LogP) is 1.25. The smallest absolute Gasteiger partial charge is 0.310 e. The Balaban J connectivity index is 0.00000361. The van der Waals surface area contributed by atoms with Gasteiger partial charge in [-0.25, -0.2) is 0 Å². The molecule has 0 aliphatic carbocycles. The second-order valence-corrected chi connectivity index (χ2v) is 4.78. The summed E-state index contributed by atoms with van der Waals surface area (Å²) in [6.45, 7) is 3.55. The van der Waals surface area contributed by atoms with Crippen LogP contribution >= 0.6 is 12.4 Å². The van der Waals surface area contributed by atoms with E-state index < -0.39 is 10.5 Å². The second kappa shape index (κ2) is 7.66. The van der Waals surface area contributed by atoms with Crippen molar-refractivity contribution in [2.24, 2.45) is 5.73 Å². The molecule has 0 saturated carbocycles. The molecule has 0 spiro atoms. The van der Waals surface area contributed by atoms with Crippen LogP contribution in [0.25, 0.3) is 0 Å². The summed E-state index contributed by atoms with van der Waals surface area (Å²) < 4.78 is 5.13. The van der Waals surface area contributed by atoms with Crippen LogP contribution in [-0.4, -0.2) is 29.5 Å². The quantitative estimate of drug-likeness (QED) is 0.607. The molecule has 1 rings (SSSR count). The molecule has 0 unspecified atom stereocenters. The van der Waals surface area contributed by atoms with Gasteiger partial charge in [-0.3, -0.25) is 14.9 Å². The number of benzene rings is 1. The van der Waals surface area contributed by atoms with E-state index in [1.165, 1.54) is 18.2 Å². The lowest BCUT2D eigenvalue weighted by Gasteiger charge is -2.18. The number of para-hydroxylation sites is 2. The number of nitrogens with one attached hydrogen (secondary N) is 1. The van der Waals surface area contributed by atoms with Gasteiger partial charge in [0, 0.05) is 18.2 Å². The van der Waals surface area contributed by atoms with E-state index in [1.807, 2.05) is 0 Å². The minimum Gasteiger partial charge on any atom is -0.477 e. The SMILES string of the molecule is CC(C)(N)CNC(=O)COc1ccccc1[N+](=O)[O-].Cl. The van der Waals surface area contributed by atoms with Crippen LogP contribution in [0.15, 0.2) is 24.3 Å². The van der Waals surface area contributed by atoms with Gasteiger partial charge in [-0.2, -0.15) is 0 Å². The monoisotopic (exact) mass is 303 g/mol. The van der Waals surface area contributed by atoms with Crippen LogP contribution in [-0.2, 0) is 4.79 Å². The number of nitrogens with zero attached hydrogens (tertiary/aromatic N) is 1. The van der Waals surface area contributed by atoms with Crippen LogP contribution in [0.1, 0.15) is 13.8 Å². The number of nitro benzene ring substituents is 1. The average Bonchev–Trinajstić information content (AvgIpc) is 2.33. The molecule has 8 heteroatoms. The van der Waals surface area contributed by atoms with Crippen molar-refractivity contribution in [2.45, 2.75) is 19.4 Å². The molecular formula is C12H18ClN3O4. The summed E-state index contributed by atoms with van der Waals surface area (Å²) in [5.74, 6) is -0.314. The van der Waals surface area contributed by atoms with Gasteiger partial charge in [0.25, 0.3) is 5.91 Å². The number of halogens is 1. The predicted molar refractivity (Wildman–Crippen MR) is 77.1 cm³/mol. The largest absolute Gasteiger partial charge is 0.477 e. The number of rotatable bonds is 6. The zero-order valence-electron chi connectivity index (χ0n) is 11.3. The molecule has 0 aliphatic heterocycles. The molecule has 0 heterocycles. The van der Waals surface area contributed by atoms with Crippen molar-refractivity contribution in [3.8, 4) is 5.75 Å². The van der Waals surface area contributed by atoms with E-state index >= 15 is 0 Å². The van der Waals surface area contributed by atoms with Crippen molar-refractivity contribution in [3.05, 3.63) is 34.4 Å². The first-order chi connectivity index (χ1) is 8.79. The summed E-state index contributed by atoms with van der Waals surface area (Å²) in [5, 5.41) is 13.3. The molecular weight excluding hydrogens is 286 g/mol. The number of ether oxygens (including phenoxy) is 1. The van der Waals surface area contributed by atoms with Crippen molar-refractivity contribution in [3.63, 3.8) is 0 Å². The minimum atomic E-state index is -0.559. The summed E-state index contributed by atoms with van der Waals surface area (Å²) in [7, 11) is 0. The van der Waals surface area contributed by atoms with E-state index in [1.54, 1.807) is 19.9 Å². The van der Waals surface area contributed by atoms with Gasteiger partial charge in [0.2, 0.25) is 0 Å². The highest BCUT2D eigenvalue weighted by molar-refractivity contribution is 5.85. The molecule has 1 amide bonds. The number of carbonyl (C=O) groups excluding carboxylic acids is 1. The highest BCUT2D eigenvalue weighted by atomic mass is 35.5. The summed E-state index contributed by atoms with van der Waals surface area (Å²) >= 11 is 0. The molecule has 0 aliphatic rings. The van der Waals surface area contributed by atoms with Gasteiger partial charge < -0.3 is 15.8 Å². The third-order valence-electron chi connectivity index (χ3n) is 2.16. The van der Waals surface area contributed by atoms with Crippen LogP contribution in [0.2, 0.25) is 0 Å². The van der Waals surface area contributed by atoms with Gasteiger partial charge in [0.15, 0.2) is 12.4 Å². The Morgan fingerprint density at radius 2 is 2.05 bits per heavy atom. The molecule has 0 atom stereocenters. The zero-order valence-corrected chi connectivity index (χ0v) is 12.1. The van der Waals surface area contributed by atoms with E-state index in [0.29, 0.717) is 6.54 Å². The van der Waals surface area contributed by atoms with Crippen molar-refractivity contribution < 1.29 is 14.5 Å². The highest BCUT2D eigenvalue weighted by Crippen LogP contribution is 2.25. The van der Waals surface area contributed by atoms with E-state index in [0.717, 1.165) is 0 Å². The standard InChI is InChI=1S/C12H17N3O4.ClH/c1-12(2,13)8-14-11(16)7-19-10-6-4-3-5-9(10)15(17)18;/h3-6H,7-8,13H2,1-2H3,(H,14,16);1H. The number of hydrogen-bond acceptors (Lipinski definition) is 5. The van der Waals surface area contributed by atoms with Gasteiger partial charge >= 0.3 is 5.69 Å². The first kappa shape index (κ1) is 18.1. The van der Waals surface area contributed by atoms with Crippen molar-refractivity contribution in [1.29, 1.82) is 0 Å². The fourth-order valence-electron chi connectivity index (χ4n) is 1.25. The van der Waals surface area contributed by atoms with E-state index in [4.69, 9.17) is 10.5 Å². The van der Waals surface area contributed by atoms with Gasteiger partial charge in [-0.15, -0.1) is 12.4 Å².